The summed E-state index contributed by atoms with van der Waals surface area (Å²) in [5, 5.41) is 12.7. The van der Waals surface area contributed by atoms with Gasteiger partial charge in [-0.2, -0.15) is 0 Å². The standard InChI is InChI=1S/C34H37NO4/c1-2-3-4-5-6-7-8-11-22-38-31-19-15-27(16-20-31)34(37)39-32-21-17-29(33(36)24-32)25-35-30-18-14-26-12-9-10-13-28(26)23-30/h9-10,12-21,23-25,36H,2-8,11,22H2,1H3. The molecule has 0 fully saturated rings. The Morgan fingerprint density at radius 1 is 0.769 bits per heavy atom. The Bertz CT molecular complexity index is 1380. The van der Waals surface area contributed by atoms with Gasteiger partial charge in [0.15, 0.2) is 0 Å². The van der Waals surface area contributed by atoms with E-state index in [1.54, 1.807) is 42.6 Å². The summed E-state index contributed by atoms with van der Waals surface area (Å²) in [7, 11) is 0. The van der Waals surface area contributed by atoms with E-state index in [9.17, 15) is 9.90 Å². The molecule has 0 bridgehead atoms. The molecule has 0 aliphatic rings. The van der Waals surface area contributed by atoms with E-state index in [1.165, 1.54) is 51.0 Å². The first-order valence-electron chi connectivity index (χ1n) is 13.9. The lowest BCUT2D eigenvalue weighted by atomic mass is 10.1. The van der Waals surface area contributed by atoms with Gasteiger partial charge in [-0.3, -0.25) is 4.99 Å². The molecule has 0 aliphatic heterocycles. The number of rotatable bonds is 14. The van der Waals surface area contributed by atoms with Gasteiger partial charge in [0.2, 0.25) is 0 Å². The monoisotopic (exact) mass is 523 g/mol. The molecule has 0 aliphatic carbocycles. The van der Waals surface area contributed by atoms with Crippen molar-refractivity contribution in [2.45, 2.75) is 58.3 Å². The van der Waals surface area contributed by atoms with Crippen LogP contribution in [0.15, 0.2) is 89.9 Å². The topological polar surface area (TPSA) is 68.1 Å². The average molecular weight is 524 g/mol. The lowest BCUT2D eigenvalue weighted by Gasteiger charge is -2.08. The zero-order chi connectivity index (χ0) is 27.3. The quantitative estimate of drug-likeness (QED) is 0.0775. The number of fused-ring (bicyclic) bond motifs is 1. The highest BCUT2D eigenvalue weighted by atomic mass is 16.5. The number of aliphatic imine (C=N–C) groups is 1. The first-order valence-corrected chi connectivity index (χ1v) is 13.9. The maximum Gasteiger partial charge on any atom is 0.343 e. The third-order valence-electron chi connectivity index (χ3n) is 6.65. The predicted molar refractivity (Wildman–Crippen MR) is 159 cm³/mol. The molecule has 0 radical (unpaired) electrons. The van der Waals surface area contributed by atoms with Gasteiger partial charge in [-0.15, -0.1) is 0 Å². The van der Waals surface area contributed by atoms with Crippen LogP contribution in [0.4, 0.5) is 5.69 Å². The molecule has 202 valence electrons. The van der Waals surface area contributed by atoms with Crippen molar-refractivity contribution < 1.29 is 19.4 Å². The van der Waals surface area contributed by atoms with Crippen molar-refractivity contribution in [3.05, 3.63) is 96.1 Å². The van der Waals surface area contributed by atoms with E-state index in [1.807, 2.05) is 36.4 Å². The molecule has 39 heavy (non-hydrogen) atoms. The molecule has 0 atom stereocenters. The van der Waals surface area contributed by atoms with Crippen LogP contribution in [-0.4, -0.2) is 23.9 Å². The first-order chi connectivity index (χ1) is 19.1. The maximum atomic E-state index is 12.6. The van der Waals surface area contributed by atoms with Gasteiger partial charge in [-0.05, 0) is 65.7 Å². The Kier molecular flexibility index (Phi) is 10.5. The Hall–Kier alpha value is -4.12. The first kappa shape index (κ1) is 27.9. The van der Waals surface area contributed by atoms with Gasteiger partial charge in [0.25, 0.3) is 0 Å². The highest BCUT2D eigenvalue weighted by Gasteiger charge is 2.11. The average Bonchev–Trinajstić information content (AvgIpc) is 2.96. The minimum absolute atomic E-state index is 0.0189. The van der Waals surface area contributed by atoms with Crippen molar-refractivity contribution in [3.63, 3.8) is 0 Å². The molecule has 5 heteroatoms. The summed E-state index contributed by atoms with van der Waals surface area (Å²) in [5.41, 5.74) is 1.73. The van der Waals surface area contributed by atoms with Crippen molar-refractivity contribution in [1.82, 2.24) is 0 Å². The second kappa shape index (κ2) is 14.7. The van der Waals surface area contributed by atoms with Crippen molar-refractivity contribution in [2.75, 3.05) is 6.61 Å². The van der Waals surface area contributed by atoms with Crippen LogP contribution in [0.1, 0.15) is 74.2 Å². The number of unbranched alkanes of at least 4 members (excludes halogenated alkanes) is 7. The highest BCUT2D eigenvalue weighted by Crippen LogP contribution is 2.25. The smallest absolute Gasteiger partial charge is 0.343 e. The van der Waals surface area contributed by atoms with Crippen LogP contribution >= 0.6 is 0 Å². The molecule has 0 saturated carbocycles. The number of nitrogens with zero attached hydrogens (tertiary/aromatic N) is 1. The van der Waals surface area contributed by atoms with Crippen LogP contribution in [0.25, 0.3) is 10.8 Å². The summed E-state index contributed by atoms with van der Waals surface area (Å²) in [6.07, 6.45) is 11.7. The van der Waals surface area contributed by atoms with E-state index >= 15 is 0 Å². The van der Waals surface area contributed by atoms with E-state index in [-0.39, 0.29) is 11.5 Å². The number of hydrogen-bond donors (Lipinski definition) is 1. The molecule has 4 aromatic rings. The molecule has 4 rings (SSSR count). The zero-order valence-corrected chi connectivity index (χ0v) is 22.6. The normalized spacial score (nSPS) is 11.2. The summed E-state index contributed by atoms with van der Waals surface area (Å²) in [6, 6.07) is 25.7. The molecule has 0 amide bonds. The van der Waals surface area contributed by atoms with Crippen LogP contribution in [0.5, 0.6) is 17.2 Å². The molecular weight excluding hydrogens is 486 g/mol. The molecule has 0 unspecified atom stereocenters. The van der Waals surface area contributed by atoms with Gasteiger partial charge >= 0.3 is 5.97 Å². The number of phenolic OH excluding ortho intramolecular Hbond substituents is 1. The number of aromatic hydroxyl groups is 1. The molecule has 0 aromatic heterocycles. The number of hydrogen-bond acceptors (Lipinski definition) is 5. The largest absolute Gasteiger partial charge is 0.507 e. The van der Waals surface area contributed by atoms with Gasteiger partial charge < -0.3 is 14.6 Å². The summed E-state index contributed by atoms with van der Waals surface area (Å²) < 4.78 is 11.3. The summed E-state index contributed by atoms with van der Waals surface area (Å²) >= 11 is 0. The van der Waals surface area contributed by atoms with Gasteiger partial charge in [0, 0.05) is 17.8 Å². The maximum absolute atomic E-state index is 12.6. The van der Waals surface area contributed by atoms with Crippen molar-refractivity contribution in [1.29, 1.82) is 0 Å². The van der Waals surface area contributed by atoms with E-state index in [4.69, 9.17) is 9.47 Å². The van der Waals surface area contributed by atoms with Crippen LogP contribution < -0.4 is 9.47 Å². The molecule has 4 aromatic carbocycles. The van der Waals surface area contributed by atoms with Crippen LogP contribution in [0.3, 0.4) is 0 Å². The number of esters is 1. The van der Waals surface area contributed by atoms with Gasteiger partial charge in [-0.25, -0.2) is 4.79 Å². The highest BCUT2D eigenvalue weighted by molar-refractivity contribution is 5.92. The lowest BCUT2D eigenvalue weighted by molar-refractivity contribution is 0.0734. The van der Waals surface area contributed by atoms with Crippen molar-refractivity contribution in [3.8, 4) is 17.2 Å². The Labute approximate surface area is 231 Å². The zero-order valence-electron chi connectivity index (χ0n) is 22.6. The number of carbonyl (C=O) groups is 1. The SMILES string of the molecule is CCCCCCCCCCOc1ccc(C(=O)Oc2ccc(C=Nc3ccc4ccccc4c3)c(O)c2)cc1. The third kappa shape index (κ3) is 8.71. The predicted octanol–water partition coefficient (Wildman–Crippen LogP) is 9.03. The fraction of sp³-hybridized carbons (Fsp3) is 0.294. The summed E-state index contributed by atoms with van der Waals surface area (Å²) in [5.74, 6) is 0.480. The number of benzene rings is 4. The van der Waals surface area contributed by atoms with Gasteiger partial charge in [0.05, 0.1) is 17.9 Å². The molecule has 0 saturated heterocycles. The van der Waals surface area contributed by atoms with Crippen LogP contribution in [0, 0.1) is 0 Å². The van der Waals surface area contributed by atoms with Crippen molar-refractivity contribution in [2.24, 2.45) is 4.99 Å². The fourth-order valence-corrected chi connectivity index (χ4v) is 4.38. The number of carbonyl (C=O) groups excluding carboxylic acids is 1. The Morgan fingerprint density at radius 3 is 2.21 bits per heavy atom. The van der Waals surface area contributed by atoms with Gasteiger partial charge in [-0.1, -0.05) is 82.2 Å². The lowest BCUT2D eigenvalue weighted by Crippen LogP contribution is -2.08. The second-order valence-electron chi connectivity index (χ2n) is 9.75. The Morgan fingerprint density at radius 2 is 1.46 bits per heavy atom. The fourth-order valence-electron chi connectivity index (χ4n) is 4.38. The molecule has 0 spiro atoms. The van der Waals surface area contributed by atoms with E-state index in [2.05, 4.69) is 18.0 Å². The third-order valence-corrected chi connectivity index (χ3v) is 6.65. The molecule has 0 heterocycles. The molecule has 1 N–H and O–H groups in total. The minimum Gasteiger partial charge on any atom is -0.507 e. The molecular formula is C34H37NO4. The van der Waals surface area contributed by atoms with Crippen molar-refractivity contribution >= 4 is 28.6 Å². The van der Waals surface area contributed by atoms with Crippen LogP contribution in [-0.2, 0) is 0 Å². The summed E-state index contributed by atoms with van der Waals surface area (Å²) in [6.45, 7) is 2.91. The molecule has 5 nitrogen and oxygen atoms in total. The second-order valence-corrected chi connectivity index (χ2v) is 9.75. The Balaban J connectivity index is 1.23. The number of ether oxygens (including phenoxy) is 2. The van der Waals surface area contributed by atoms with Crippen LogP contribution in [0.2, 0.25) is 0 Å². The van der Waals surface area contributed by atoms with E-state index < -0.39 is 5.97 Å². The van der Waals surface area contributed by atoms with E-state index in [0.29, 0.717) is 17.7 Å². The number of phenols is 1. The van der Waals surface area contributed by atoms with Gasteiger partial charge in [0.1, 0.15) is 17.2 Å². The minimum atomic E-state index is -0.499. The van der Waals surface area contributed by atoms with E-state index in [0.717, 1.165) is 28.6 Å². The summed E-state index contributed by atoms with van der Waals surface area (Å²) in [4.78, 5) is 17.1.